The van der Waals surface area contributed by atoms with E-state index >= 15 is 0 Å². The van der Waals surface area contributed by atoms with Gasteiger partial charge in [0.2, 0.25) is 0 Å². The molecule has 0 aromatic carbocycles. The van der Waals surface area contributed by atoms with Gasteiger partial charge in [0.25, 0.3) is 5.56 Å². The number of hydrogen-bond donors (Lipinski definition) is 2. The molecule has 1 aliphatic rings. The SMILES string of the molecule is CC(N)c1ccc(=O)n2c1NCCCC2. The molecule has 4 nitrogen and oxygen atoms in total. The molecule has 3 N–H and O–H groups in total. The van der Waals surface area contributed by atoms with E-state index in [0.717, 1.165) is 37.3 Å². The van der Waals surface area contributed by atoms with E-state index in [1.54, 1.807) is 10.6 Å². The molecule has 0 spiro atoms. The minimum absolute atomic E-state index is 0.0440. The molecule has 2 rings (SSSR count). The van der Waals surface area contributed by atoms with E-state index in [4.69, 9.17) is 5.73 Å². The molecule has 1 aliphatic heterocycles. The summed E-state index contributed by atoms with van der Waals surface area (Å²) in [6, 6.07) is 3.39. The van der Waals surface area contributed by atoms with Crippen LogP contribution in [-0.2, 0) is 6.54 Å². The summed E-state index contributed by atoms with van der Waals surface area (Å²) >= 11 is 0. The molecule has 1 atom stereocenters. The van der Waals surface area contributed by atoms with Gasteiger partial charge in [0.05, 0.1) is 0 Å². The summed E-state index contributed by atoms with van der Waals surface area (Å²) in [4.78, 5) is 11.7. The predicted octanol–water partition coefficient (Wildman–Crippen LogP) is 1.07. The van der Waals surface area contributed by atoms with Crippen molar-refractivity contribution in [2.75, 3.05) is 11.9 Å². The number of nitrogens with zero attached hydrogens (tertiary/aromatic N) is 1. The first-order valence-corrected chi connectivity index (χ1v) is 5.43. The van der Waals surface area contributed by atoms with Crippen molar-refractivity contribution < 1.29 is 0 Å². The number of rotatable bonds is 1. The zero-order valence-corrected chi connectivity index (χ0v) is 8.99. The molecule has 15 heavy (non-hydrogen) atoms. The van der Waals surface area contributed by atoms with Crippen LogP contribution in [0.4, 0.5) is 5.82 Å². The molecule has 1 unspecified atom stereocenters. The second-order valence-electron chi connectivity index (χ2n) is 4.05. The lowest BCUT2D eigenvalue weighted by molar-refractivity contribution is 0.632. The summed E-state index contributed by atoms with van der Waals surface area (Å²) in [7, 11) is 0. The van der Waals surface area contributed by atoms with Crippen LogP contribution in [-0.4, -0.2) is 11.1 Å². The zero-order valence-electron chi connectivity index (χ0n) is 8.99. The first-order chi connectivity index (χ1) is 7.20. The Labute approximate surface area is 89.1 Å². The quantitative estimate of drug-likeness (QED) is 0.724. The van der Waals surface area contributed by atoms with Gasteiger partial charge in [0, 0.05) is 30.8 Å². The lowest BCUT2D eigenvalue weighted by Crippen LogP contribution is -2.24. The Balaban J connectivity index is 2.56. The molecule has 0 bridgehead atoms. The Hall–Kier alpha value is -1.29. The smallest absolute Gasteiger partial charge is 0.252 e. The zero-order chi connectivity index (χ0) is 10.8. The Morgan fingerprint density at radius 3 is 3.00 bits per heavy atom. The predicted molar refractivity (Wildman–Crippen MR) is 61.0 cm³/mol. The number of anilines is 1. The highest BCUT2D eigenvalue weighted by Crippen LogP contribution is 2.21. The lowest BCUT2D eigenvalue weighted by atomic mass is 10.1. The van der Waals surface area contributed by atoms with Crippen LogP contribution in [0.5, 0.6) is 0 Å². The van der Waals surface area contributed by atoms with Crippen LogP contribution in [0.25, 0.3) is 0 Å². The van der Waals surface area contributed by atoms with Gasteiger partial charge >= 0.3 is 0 Å². The van der Waals surface area contributed by atoms with Crippen molar-refractivity contribution in [3.8, 4) is 0 Å². The van der Waals surface area contributed by atoms with Gasteiger partial charge in [-0.1, -0.05) is 0 Å². The molecule has 0 aliphatic carbocycles. The van der Waals surface area contributed by atoms with Gasteiger partial charge in [-0.3, -0.25) is 9.36 Å². The van der Waals surface area contributed by atoms with Crippen molar-refractivity contribution in [1.29, 1.82) is 0 Å². The Bertz CT molecular complexity index is 409. The molecule has 0 saturated carbocycles. The number of hydrogen-bond acceptors (Lipinski definition) is 3. The fourth-order valence-corrected chi connectivity index (χ4v) is 1.98. The van der Waals surface area contributed by atoms with E-state index in [-0.39, 0.29) is 11.6 Å². The van der Waals surface area contributed by atoms with Crippen LogP contribution in [0.1, 0.15) is 31.4 Å². The number of fused-ring (bicyclic) bond motifs is 1. The van der Waals surface area contributed by atoms with Crippen LogP contribution in [0.3, 0.4) is 0 Å². The van der Waals surface area contributed by atoms with E-state index in [2.05, 4.69) is 5.32 Å². The van der Waals surface area contributed by atoms with E-state index in [1.165, 1.54) is 0 Å². The maximum Gasteiger partial charge on any atom is 0.252 e. The van der Waals surface area contributed by atoms with Crippen LogP contribution in [0, 0.1) is 0 Å². The van der Waals surface area contributed by atoms with Gasteiger partial charge in [0.1, 0.15) is 5.82 Å². The largest absolute Gasteiger partial charge is 0.371 e. The molecule has 1 aromatic rings. The molecule has 0 fully saturated rings. The first-order valence-electron chi connectivity index (χ1n) is 5.43. The molecule has 0 radical (unpaired) electrons. The monoisotopic (exact) mass is 207 g/mol. The fourth-order valence-electron chi connectivity index (χ4n) is 1.98. The van der Waals surface area contributed by atoms with Crippen LogP contribution >= 0.6 is 0 Å². The normalized spacial score (nSPS) is 17.5. The van der Waals surface area contributed by atoms with Gasteiger partial charge in [-0.25, -0.2) is 0 Å². The molecule has 82 valence electrons. The van der Waals surface area contributed by atoms with Gasteiger partial charge < -0.3 is 11.1 Å². The highest BCUT2D eigenvalue weighted by molar-refractivity contribution is 5.47. The molecule has 1 aromatic heterocycles. The van der Waals surface area contributed by atoms with Gasteiger partial charge in [-0.2, -0.15) is 0 Å². The summed E-state index contributed by atoms with van der Waals surface area (Å²) in [5.41, 5.74) is 6.97. The van der Waals surface area contributed by atoms with E-state index in [0.29, 0.717) is 0 Å². The molecule has 0 amide bonds. The third-order valence-electron chi connectivity index (χ3n) is 2.81. The minimum Gasteiger partial charge on any atom is -0.371 e. The van der Waals surface area contributed by atoms with Crippen molar-refractivity contribution in [1.82, 2.24) is 4.57 Å². The topological polar surface area (TPSA) is 60.1 Å². The summed E-state index contributed by atoms with van der Waals surface area (Å²) in [5.74, 6) is 0.912. The first kappa shape index (κ1) is 10.2. The molecule has 0 saturated heterocycles. The van der Waals surface area contributed by atoms with E-state index < -0.39 is 0 Å². The number of nitrogens with two attached hydrogens (primary N) is 1. The number of pyridine rings is 1. The summed E-state index contributed by atoms with van der Waals surface area (Å²) in [6.45, 7) is 3.65. The highest BCUT2D eigenvalue weighted by atomic mass is 16.1. The van der Waals surface area contributed by atoms with Crippen LogP contribution in [0.15, 0.2) is 16.9 Å². The summed E-state index contributed by atoms with van der Waals surface area (Å²) in [6.07, 6.45) is 2.14. The maximum atomic E-state index is 11.7. The Morgan fingerprint density at radius 1 is 1.47 bits per heavy atom. The molecular formula is C11H17N3O. The average molecular weight is 207 g/mol. The summed E-state index contributed by atoms with van der Waals surface area (Å²) < 4.78 is 1.80. The van der Waals surface area contributed by atoms with E-state index in [9.17, 15) is 4.79 Å². The van der Waals surface area contributed by atoms with Crippen molar-refractivity contribution in [2.45, 2.75) is 32.4 Å². The maximum absolute atomic E-state index is 11.7. The van der Waals surface area contributed by atoms with Gasteiger partial charge in [0.15, 0.2) is 0 Å². The standard InChI is InChI=1S/C11H17N3O/c1-8(12)9-4-5-10(15)14-7-3-2-6-13-11(9)14/h4-5,8,13H,2-3,6-7,12H2,1H3. The Kier molecular flexibility index (Phi) is 2.77. The third kappa shape index (κ3) is 1.90. The van der Waals surface area contributed by atoms with Crippen LogP contribution < -0.4 is 16.6 Å². The van der Waals surface area contributed by atoms with Crippen molar-refractivity contribution >= 4 is 5.82 Å². The minimum atomic E-state index is -0.0440. The number of aromatic nitrogens is 1. The van der Waals surface area contributed by atoms with Crippen LogP contribution in [0.2, 0.25) is 0 Å². The third-order valence-corrected chi connectivity index (χ3v) is 2.81. The average Bonchev–Trinajstić information content (AvgIpc) is 2.43. The number of nitrogens with one attached hydrogen (secondary N) is 1. The molecule has 4 heteroatoms. The van der Waals surface area contributed by atoms with Crippen molar-refractivity contribution in [3.63, 3.8) is 0 Å². The second-order valence-corrected chi connectivity index (χ2v) is 4.05. The molecular weight excluding hydrogens is 190 g/mol. The van der Waals surface area contributed by atoms with Crippen molar-refractivity contribution in [2.24, 2.45) is 5.73 Å². The van der Waals surface area contributed by atoms with Gasteiger partial charge in [-0.05, 0) is 25.8 Å². The van der Waals surface area contributed by atoms with Gasteiger partial charge in [-0.15, -0.1) is 0 Å². The van der Waals surface area contributed by atoms with Crippen molar-refractivity contribution in [3.05, 3.63) is 28.0 Å². The Morgan fingerprint density at radius 2 is 2.27 bits per heavy atom. The summed E-state index contributed by atoms with van der Waals surface area (Å²) in [5, 5.41) is 3.30. The lowest BCUT2D eigenvalue weighted by Gasteiger charge is -2.17. The second kappa shape index (κ2) is 4.06. The van der Waals surface area contributed by atoms with E-state index in [1.807, 2.05) is 13.0 Å². The molecule has 2 heterocycles. The highest BCUT2D eigenvalue weighted by Gasteiger charge is 2.14. The fraction of sp³-hybridized carbons (Fsp3) is 0.545.